The first-order valence-corrected chi connectivity index (χ1v) is 7.16. The van der Waals surface area contributed by atoms with Gasteiger partial charge in [-0.2, -0.15) is 0 Å². The van der Waals surface area contributed by atoms with Crippen LogP contribution in [0.3, 0.4) is 0 Å². The van der Waals surface area contributed by atoms with Crippen LogP contribution in [-0.2, 0) is 9.59 Å². The number of aromatic hydroxyl groups is 1. The molecule has 0 saturated heterocycles. The van der Waals surface area contributed by atoms with E-state index in [4.69, 9.17) is 5.11 Å². The molecule has 24 heavy (non-hydrogen) atoms. The Bertz CT molecular complexity index is 884. The van der Waals surface area contributed by atoms with Crippen LogP contribution < -0.4 is 0 Å². The number of carboxylic acids is 1. The number of carboxylic acid groups (broad SMARTS) is 1. The average molecular weight is 323 g/mol. The molecular weight excluding hydrogens is 310 g/mol. The van der Waals surface area contributed by atoms with Gasteiger partial charge in [0.2, 0.25) is 0 Å². The quantitative estimate of drug-likeness (QED) is 0.665. The van der Waals surface area contributed by atoms with Crippen molar-refractivity contribution in [1.82, 2.24) is 4.90 Å². The molecular formula is C18H13NO5. The number of amides is 2. The second-order valence-electron chi connectivity index (χ2n) is 5.25. The van der Waals surface area contributed by atoms with Gasteiger partial charge in [-0.25, -0.2) is 0 Å². The zero-order chi connectivity index (χ0) is 17.3. The number of benzene rings is 2. The highest BCUT2D eigenvalue weighted by molar-refractivity contribution is 6.34. The van der Waals surface area contributed by atoms with Crippen LogP contribution in [0.5, 0.6) is 5.75 Å². The second kappa shape index (κ2) is 6.00. The number of imide groups is 1. The topological polar surface area (TPSA) is 94.9 Å². The van der Waals surface area contributed by atoms with Crippen LogP contribution in [0, 0.1) is 0 Å². The molecule has 1 aliphatic rings. The molecule has 0 aromatic heterocycles. The summed E-state index contributed by atoms with van der Waals surface area (Å²) in [6.07, 6.45) is 1.46. The fraction of sp³-hybridized carbons (Fsp3) is 0.0556. The van der Waals surface area contributed by atoms with Crippen molar-refractivity contribution in [1.29, 1.82) is 0 Å². The Balaban J connectivity index is 2.18. The Morgan fingerprint density at radius 1 is 0.958 bits per heavy atom. The van der Waals surface area contributed by atoms with E-state index in [1.165, 1.54) is 18.2 Å². The van der Waals surface area contributed by atoms with Crippen molar-refractivity contribution in [3.05, 3.63) is 65.2 Å². The van der Waals surface area contributed by atoms with Crippen molar-refractivity contribution in [2.24, 2.45) is 0 Å². The number of carbonyl (C=O) groups excluding carboxylic acids is 2. The number of nitrogens with zero attached hydrogens (tertiary/aromatic N) is 1. The molecule has 2 N–H and O–H groups in total. The molecule has 2 amide bonds. The smallest absolute Gasteiger partial charge is 0.323 e. The van der Waals surface area contributed by atoms with Crippen molar-refractivity contribution >= 4 is 29.4 Å². The minimum absolute atomic E-state index is 0.0167. The highest BCUT2D eigenvalue weighted by Gasteiger charge is 2.35. The SMILES string of the molecule is O=C(O)CN1C(=O)/C(=C\c2ccccc2O)c2ccccc2C1=O. The predicted octanol–water partition coefficient (Wildman–Crippen LogP) is 2.00. The monoisotopic (exact) mass is 323 g/mol. The van der Waals surface area contributed by atoms with E-state index >= 15 is 0 Å². The van der Waals surface area contributed by atoms with E-state index in [2.05, 4.69) is 0 Å². The van der Waals surface area contributed by atoms with Crippen molar-refractivity contribution in [3.63, 3.8) is 0 Å². The first-order chi connectivity index (χ1) is 11.5. The van der Waals surface area contributed by atoms with Crippen LogP contribution in [0.4, 0.5) is 0 Å². The van der Waals surface area contributed by atoms with Crippen LogP contribution in [0.2, 0.25) is 0 Å². The molecule has 3 rings (SSSR count). The van der Waals surface area contributed by atoms with Crippen molar-refractivity contribution in [2.75, 3.05) is 6.54 Å². The van der Waals surface area contributed by atoms with Gasteiger partial charge in [0, 0.05) is 16.7 Å². The number of para-hydroxylation sites is 1. The third kappa shape index (κ3) is 2.65. The number of phenolic OH excluding ortho intramolecular Hbond substituents is 1. The van der Waals surface area contributed by atoms with E-state index in [-0.39, 0.29) is 16.9 Å². The molecule has 1 heterocycles. The maximum absolute atomic E-state index is 12.6. The van der Waals surface area contributed by atoms with Crippen LogP contribution in [0.25, 0.3) is 11.6 Å². The highest BCUT2D eigenvalue weighted by atomic mass is 16.4. The lowest BCUT2D eigenvalue weighted by molar-refractivity contribution is -0.141. The van der Waals surface area contributed by atoms with Crippen LogP contribution >= 0.6 is 0 Å². The van der Waals surface area contributed by atoms with Crippen LogP contribution in [-0.4, -0.2) is 39.4 Å². The van der Waals surface area contributed by atoms with Gasteiger partial charge in [0.05, 0.1) is 0 Å². The van der Waals surface area contributed by atoms with Gasteiger partial charge in [-0.3, -0.25) is 19.3 Å². The lowest BCUT2D eigenvalue weighted by atomic mass is 9.92. The van der Waals surface area contributed by atoms with Gasteiger partial charge in [-0.1, -0.05) is 36.4 Å². The van der Waals surface area contributed by atoms with Gasteiger partial charge in [-0.15, -0.1) is 0 Å². The Kier molecular flexibility index (Phi) is 3.87. The summed E-state index contributed by atoms with van der Waals surface area (Å²) in [6, 6.07) is 12.9. The summed E-state index contributed by atoms with van der Waals surface area (Å²) in [5.41, 5.74) is 1.23. The first kappa shape index (κ1) is 15.5. The summed E-state index contributed by atoms with van der Waals surface area (Å²) in [4.78, 5) is 36.7. The number of hydrogen-bond donors (Lipinski definition) is 2. The highest BCUT2D eigenvalue weighted by Crippen LogP contribution is 2.31. The molecule has 6 nitrogen and oxygen atoms in total. The summed E-state index contributed by atoms with van der Waals surface area (Å²) in [5, 5.41) is 18.9. The normalized spacial score (nSPS) is 15.5. The van der Waals surface area contributed by atoms with Crippen LogP contribution in [0.1, 0.15) is 21.5 Å². The molecule has 0 bridgehead atoms. The largest absolute Gasteiger partial charge is 0.507 e. The Hall–Kier alpha value is -3.41. The number of rotatable bonds is 3. The molecule has 0 spiro atoms. The van der Waals surface area contributed by atoms with E-state index in [0.29, 0.717) is 16.0 Å². The maximum atomic E-state index is 12.6. The second-order valence-corrected chi connectivity index (χ2v) is 5.25. The molecule has 0 radical (unpaired) electrons. The summed E-state index contributed by atoms with van der Waals surface area (Å²) < 4.78 is 0. The standard InChI is InChI=1S/C18H13NO5/c20-15-8-4-1-5-11(15)9-14-12-6-2-3-7-13(12)17(23)19(18(14)24)10-16(21)22/h1-9,20H,10H2,(H,21,22)/b14-9-. The fourth-order valence-corrected chi connectivity index (χ4v) is 2.59. The predicted molar refractivity (Wildman–Crippen MR) is 86.1 cm³/mol. The lowest BCUT2D eigenvalue weighted by Gasteiger charge is -2.27. The first-order valence-electron chi connectivity index (χ1n) is 7.16. The minimum Gasteiger partial charge on any atom is -0.507 e. The maximum Gasteiger partial charge on any atom is 0.323 e. The molecule has 2 aromatic rings. The third-order valence-electron chi connectivity index (χ3n) is 3.70. The van der Waals surface area contributed by atoms with E-state index < -0.39 is 24.3 Å². The Morgan fingerprint density at radius 2 is 1.58 bits per heavy atom. The summed E-state index contributed by atoms with van der Waals surface area (Å²) in [7, 11) is 0. The molecule has 2 aromatic carbocycles. The molecule has 0 atom stereocenters. The van der Waals surface area contributed by atoms with Gasteiger partial charge in [0.15, 0.2) is 0 Å². The molecule has 1 aliphatic heterocycles. The number of phenols is 1. The molecule has 0 unspecified atom stereocenters. The third-order valence-corrected chi connectivity index (χ3v) is 3.70. The summed E-state index contributed by atoms with van der Waals surface area (Å²) in [5.74, 6) is -2.65. The van der Waals surface area contributed by atoms with Gasteiger partial charge < -0.3 is 10.2 Å². The lowest BCUT2D eigenvalue weighted by Crippen LogP contribution is -2.44. The van der Waals surface area contributed by atoms with Gasteiger partial charge in [0.25, 0.3) is 11.8 Å². The summed E-state index contributed by atoms with van der Waals surface area (Å²) in [6.45, 7) is -0.718. The number of aliphatic carboxylic acids is 1. The van der Waals surface area contributed by atoms with Gasteiger partial charge in [0.1, 0.15) is 12.3 Å². The summed E-state index contributed by atoms with van der Waals surface area (Å²) >= 11 is 0. The molecule has 6 heteroatoms. The van der Waals surface area contributed by atoms with Gasteiger partial charge in [-0.05, 0) is 23.8 Å². The Morgan fingerprint density at radius 3 is 2.25 bits per heavy atom. The van der Waals surface area contributed by atoms with E-state index in [0.717, 1.165) is 0 Å². The number of fused-ring (bicyclic) bond motifs is 1. The van der Waals surface area contributed by atoms with Crippen molar-refractivity contribution < 1.29 is 24.6 Å². The Labute approximate surface area is 137 Å². The van der Waals surface area contributed by atoms with Crippen LogP contribution in [0.15, 0.2) is 48.5 Å². The average Bonchev–Trinajstić information content (AvgIpc) is 2.57. The van der Waals surface area contributed by atoms with E-state index in [9.17, 15) is 19.5 Å². The zero-order valence-electron chi connectivity index (χ0n) is 12.5. The van der Waals surface area contributed by atoms with Gasteiger partial charge >= 0.3 is 5.97 Å². The number of hydrogen-bond acceptors (Lipinski definition) is 4. The van der Waals surface area contributed by atoms with E-state index in [1.54, 1.807) is 36.4 Å². The minimum atomic E-state index is -1.28. The fourth-order valence-electron chi connectivity index (χ4n) is 2.59. The molecule has 0 fully saturated rings. The molecule has 0 saturated carbocycles. The van der Waals surface area contributed by atoms with Crippen molar-refractivity contribution in [2.45, 2.75) is 0 Å². The van der Waals surface area contributed by atoms with Crippen molar-refractivity contribution in [3.8, 4) is 5.75 Å². The zero-order valence-corrected chi connectivity index (χ0v) is 12.5. The number of carbonyl (C=O) groups is 3. The molecule has 120 valence electrons. The molecule has 0 aliphatic carbocycles. The van der Waals surface area contributed by atoms with E-state index in [1.807, 2.05) is 0 Å².